The van der Waals surface area contributed by atoms with Gasteiger partial charge in [0.1, 0.15) is 0 Å². The van der Waals surface area contributed by atoms with Crippen LogP contribution in [0.1, 0.15) is 33.7 Å². The van der Waals surface area contributed by atoms with Crippen LogP contribution in [0.3, 0.4) is 0 Å². The van der Waals surface area contributed by atoms with Gasteiger partial charge in [0.15, 0.2) is 11.5 Å². The minimum atomic E-state index is -0.305. The number of para-hydroxylation sites is 1. The van der Waals surface area contributed by atoms with E-state index < -0.39 is 0 Å². The van der Waals surface area contributed by atoms with Gasteiger partial charge in [0, 0.05) is 36.9 Å². The van der Waals surface area contributed by atoms with Crippen molar-refractivity contribution in [2.75, 3.05) is 13.1 Å². The summed E-state index contributed by atoms with van der Waals surface area (Å²) in [6.45, 7) is 0.560. The van der Waals surface area contributed by atoms with Crippen LogP contribution in [0.2, 0.25) is 0 Å². The molecular weight excluding hydrogens is 344 g/mol. The fourth-order valence-corrected chi connectivity index (χ4v) is 2.68. The van der Waals surface area contributed by atoms with Crippen molar-refractivity contribution >= 4 is 28.5 Å². The van der Waals surface area contributed by atoms with Crippen LogP contribution >= 0.6 is 0 Å². The summed E-state index contributed by atoms with van der Waals surface area (Å²) in [6.07, 6.45) is 0.271. The molecule has 2 aromatic carbocycles. The third kappa shape index (κ3) is 4.78. The standard InChI is InChI=1S/C20H20N4O3/c25-17(14-6-2-1-3-7-14)10-11-18(26)21-12-13-22-20(27)19-15-8-4-5-9-16(15)23-24-19/h1-9H,10-13H2,(H,21,26)(H,22,27)(H,23,24). The maximum Gasteiger partial charge on any atom is 0.272 e. The van der Waals surface area contributed by atoms with Crippen molar-refractivity contribution in [3.63, 3.8) is 0 Å². The Kier molecular flexibility index (Phi) is 5.94. The molecular formula is C20H20N4O3. The molecule has 1 aromatic heterocycles. The predicted octanol–water partition coefficient (Wildman–Crippen LogP) is 2.07. The van der Waals surface area contributed by atoms with Crippen LogP contribution < -0.4 is 10.6 Å². The Morgan fingerprint density at radius 2 is 1.56 bits per heavy atom. The number of carbonyl (C=O) groups excluding carboxylic acids is 3. The Balaban J connectivity index is 1.38. The maximum absolute atomic E-state index is 12.2. The summed E-state index contributed by atoms with van der Waals surface area (Å²) in [5.74, 6) is -0.593. The summed E-state index contributed by atoms with van der Waals surface area (Å²) < 4.78 is 0. The van der Waals surface area contributed by atoms with Gasteiger partial charge >= 0.3 is 0 Å². The first-order valence-electron chi connectivity index (χ1n) is 8.71. The highest BCUT2D eigenvalue weighted by molar-refractivity contribution is 6.04. The smallest absolute Gasteiger partial charge is 0.272 e. The summed E-state index contributed by atoms with van der Waals surface area (Å²) in [6, 6.07) is 16.2. The number of aromatic amines is 1. The second-order valence-corrected chi connectivity index (χ2v) is 6.01. The molecule has 3 N–H and O–H groups in total. The lowest BCUT2D eigenvalue weighted by molar-refractivity contribution is -0.121. The van der Waals surface area contributed by atoms with Gasteiger partial charge in [0.2, 0.25) is 5.91 Å². The van der Waals surface area contributed by atoms with Crippen molar-refractivity contribution in [1.29, 1.82) is 0 Å². The highest BCUT2D eigenvalue weighted by atomic mass is 16.2. The molecule has 0 radical (unpaired) electrons. The molecule has 0 spiro atoms. The van der Waals surface area contributed by atoms with Crippen LogP contribution in [0.15, 0.2) is 54.6 Å². The van der Waals surface area contributed by atoms with Crippen LogP contribution in [-0.4, -0.2) is 40.9 Å². The van der Waals surface area contributed by atoms with E-state index in [4.69, 9.17) is 0 Å². The molecule has 0 fully saturated rings. The number of Topliss-reactive ketones (excluding diaryl/α,β-unsaturated/α-hetero) is 1. The third-order valence-electron chi connectivity index (χ3n) is 4.09. The molecule has 0 aliphatic rings. The van der Waals surface area contributed by atoms with Gasteiger partial charge in [-0.05, 0) is 6.07 Å². The lowest BCUT2D eigenvalue weighted by Crippen LogP contribution is -2.35. The number of rotatable bonds is 8. The molecule has 2 amide bonds. The molecule has 0 aliphatic heterocycles. The fourth-order valence-electron chi connectivity index (χ4n) is 2.68. The average molecular weight is 364 g/mol. The number of H-pyrrole nitrogens is 1. The van der Waals surface area contributed by atoms with Gasteiger partial charge < -0.3 is 10.6 Å². The van der Waals surface area contributed by atoms with Crippen molar-refractivity contribution in [2.45, 2.75) is 12.8 Å². The van der Waals surface area contributed by atoms with Crippen LogP contribution in [0, 0.1) is 0 Å². The van der Waals surface area contributed by atoms with Crippen molar-refractivity contribution < 1.29 is 14.4 Å². The minimum Gasteiger partial charge on any atom is -0.354 e. The third-order valence-corrected chi connectivity index (χ3v) is 4.09. The molecule has 0 aliphatic carbocycles. The molecule has 7 heteroatoms. The zero-order valence-electron chi connectivity index (χ0n) is 14.7. The van der Waals surface area contributed by atoms with E-state index in [9.17, 15) is 14.4 Å². The van der Waals surface area contributed by atoms with E-state index in [1.165, 1.54) is 0 Å². The number of carbonyl (C=O) groups is 3. The molecule has 0 saturated carbocycles. The minimum absolute atomic E-state index is 0.0653. The zero-order valence-corrected chi connectivity index (χ0v) is 14.7. The summed E-state index contributed by atoms with van der Waals surface area (Å²) in [7, 11) is 0. The van der Waals surface area contributed by atoms with Gasteiger partial charge in [0.05, 0.1) is 5.52 Å². The Morgan fingerprint density at radius 3 is 2.37 bits per heavy atom. The summed E-state index contributed by atoms with van der Waals surface area (Å²) in [4.78, 5) is 36.0. The molecule has 27 heavy (non-hydrogen) atoms. The van der Waals surface area contributed by atoms with Crippen molar-refractivity contribution in [1.82, 2.24) is 20.8 Å². The van der Waals surface area contributed by atoms with Crippen molar-refractivity contribution in [3.05, 3.63) is 65.9 Å². The van der Waals surface area contributed by atoms with Gasteiger partial charge in [-0.15, -0.1) is 0 Å². The summed E-state index contributed by atoms with van der Waals surface area (Å²) >= 11 is 0. The summed E-state index contributed by atoms with van der Waals surface area (Å²) in [5.41, 5.74) is 1.72. The zero-order chi connectivity index (χ0) is 19.1. The van der Waals surface area contributed by atoms with Crippen molar-refractivity contribution in [3.8, 4) is 0 Å². The SMILES string of the molecule is O=C(CCC(=O)c1ccccc1)NCCNC(=O)c1n[nH]c2ccccc12. The molecule has 0 bridgehead atoms. The molecule has 7 nitrogen and oxygen atoms in total. The van der Waals surface area contributed by atoms with Crippen LogP contribution in [-0.2, 0) is 4.79 Å². The number of hydrogen-bond acceptors (Lipinski definition) is 4. The summed E-state index contributed by atoms with van der Waals surface area (Å²) in [5, 5.41) is 13.0. The second kappa shape index (κ2) is 8.75. The Hall–Kier alpha value is -3.48. The molecule has 3 rings (SSSR count). The molecule has 0 atom stereocenters. The lowest BCUT2D eigenvalue weighted by Gasteiger charge is -2.06. The first-order valence-corrected chi connectivity index (χ1v) is 8.71. The van der Waals surface area contributed by atoms with E-state index in [0.717, 1.165) is 10.9 Å². The van der Waals surface area contributed by atoms with E-state index in [1.54, 1.807) is 24.3 Å². The van der Waals surface area contributed by atoms with E-state index >= 15 is 0 Å². The van der Waals surface area contributed by atoms with Crippen LogP contribution in [0.5, 0.6) is 0 Å². The number of aromatic nitrogens is 2. The Morgan fingerprint density at radius 1 is 0.852 bits per heavy atom. The second-order valence-electron chi connectivity index (χ2n) is 6.01. The van der Waals surface area contributed by atoms with Crippen LogP contribution in [0.25, 0.3) is 10.9 Å². The van der Waals surface area contributed by atoms with Crippen LogP contribution in [0.4, 0.5) is 0 Å². The molecule has 138 valence electrons. The molecule has 1 heterocycles. The number of fused-ring (bicyclic) bond motifs is 1. The Labute approximate surface area is 156 Å². The largest absolute Gasteiger partial charge is 0.354 e. The van der Waals surface area contributed by atoms with E-state index in [-0.39, 0.29) is 43.5 Å². The van der Waals surface area contributed by atoms with Gasteiger partial charge in [-0.2, -0.15) is 5.10 Å². The van der Waals surface area contributed by atoms with Gasteiger partial charge in [0.25, 0.3) is 5.91 Å². The molecule has 0 saturated heterocycles. The van der Waals surface area contributed by atoms with Gasteiger partial charge in [-0.25, -0.2) is 0 Å². The van der Waals surface area contributed by atoms with Gasteiger partial charge in [-0.1, -0.05) is 48.5 Å². The highest BCUT2D eigenvalue weighted by Crippen LogP contribution is 2.14. The number of nitrogens with one attached hydrogen (secondary N) is 3. The Bertz CT molecular complexity index is 950. The molecule has 0 unspecified atom stereocenters. The number of hydrogen-bond donors (Lipinski definition) is 3. The number of amides is 2. The van der Waals surface area contributed by atoms with E-state index in [0.29, 0.717) is 11.3 Å². The first-order chi connectivity index (χ1) is 13.1. The quantitative estimate of drug-likeness (QED) is 0.420. The van der Waals surface area contributed by atoms with Crippen molar-refractivity contribution in [2.24, 2.45) is 0 Å². The maximum atomic E-state index is 12.2. The molecule has 3 aromatic rings. The average Bonchev–Trinajstić information content (AvgIpc) is 3.14. The first kappa shape index (κ1) is 18.3. The number of benzene rings is 2. The topological polar surface area (TPSA) is 104 Å². The highest BCUT2D eigenvalue weighted by Gasteiger charge is 2.13. The van der Waals surface area contributed by atoms with Gasteiger partial charge in [-0.3, -0.25) is 19.5 Å². The normalized spacial score (nSPS) is 10.5. The fraction of sp³-hybridized carbons (Fsp3) is 0.200. The van der Waals surface area contributed by atoms with E-state index in [2.05, 4.69) is 20.8 Å². The number of ketones is 1. The van der Waals surface area contributed by atoms with E-state index in [1.807, 2.05) is 30.3 Å². The predicted molar refractivity (Wildman–Crippen MR) is 101 cm³/mol. The lowest BCUT2D eigenvalue weighted by atomic mass is 10.1. The number of nitrogens with zero attached hydrogens (tertiary/aromatic N) is 1. The monoisotopic (exact) mass is 364 g/mol.